The Kier molecular flexibility index (Phi) is 3.40. The van der Waals surface area contributed by atoms with E-state index in [0.717, 1.165) is 11.4 Å². The van der Waals surface area contributed by atoms with Crippen LogP contribution in [0.15, 0.2) is 42.5 Å². The van der Waals surface area contributed by atoms with Gasteiger partial charge in [0.25, 0.3) is 0 Å². The van der Waals surface area contributed by atoms with Crippen LogP contribution in [0.2, 0.25) is 5.02 Å². The number of hydrogen-bond donors (Lipinski definition) is 2. The molecule has 0 spiro atoms. The molecule has 2 aromatic carbocycles. The van der Waals surface area contributed by atoms with Gasteiger partial charge in [-0.1, -0.05) is 11.6 Å². The smallest absolute Gasteiger partial charge is 0.137 e. The molecule has 0 amide bonds. The van der Waals surface area contributed by atoms with Crippen LogP contribution in [0, 0.1) is 0 Å². The first-order chi connectivity index (χ1) is 8.19. The highest BCUT2D eigenvalue weighted by molar-refractivity contribution is 6.32. The Hall–Kier alpha value is -1.87. The lowest BCUT2D eigenvalue weighted by atomic mass is 10.2. The number of ether oxygens (including phenoxy) is 1. The lowest BCUT2D eigenvalue weighted by Gasteiger charge is -2.09. The predicted molar refractivity (Wildman–Crippen MR) is 69.4 cm³/mol. The van der Waals surface area contributed by atoms with Crippen molar-refractivity contribution in [3.8, 4) is 11.5 Å². The van der Waals surface area contributed by atoms with Crippen molar-refractivity contribution in [1.29, 1.82) is 0 Å². The van der Waals surface area contributed by atoms with Crippen molar-refractivity contribution >= 4 is 23.0 Å². The monoisotopic (exact) mass is 249 g/mol. The molecule has 2 rings (SSSR count). The molecule has 0 saturated heterocycles. The normalized spacial score (nSPS) is 10.0. The van der Waals surface area contributed by atoms with Gasteiger partial charge in [-0.2, -0.15) is 0 Å². The summed E-state index contributed by atoms with van der Waals surface area (Å²) in [6.45, 7) is 0. The number of rotatable bonds is 3. The molecule has 17 heavy (non-hydrogen) atoms. The Morgan fingerprint density at radius 1 is 1.06 bits per heavy atom. The fourth-order valence-electron chi connectivity index (χ4n) is 1.46. The zero-order chi connectivity index (χ0) is 12.3. The molecular weight excluding hydrogens is 238 g/mol. The number of nitrogens with one attached hydrogen (secondary N) is 1. The lowest BCUT2D eigenvalue weighted by Crippen LogP contribution is -1.91. The summed E-state index contributed by atoms with van der Waals surface area (Å²) in [7, 11) is 1.58. The van der Waals surface area contributed by atoms with E-state index >= 15 is 0 Å². The molecule has 0 bridgehead atoms. The molecule has 0 aliphatic heterocycles. The zero-order valence-corrected chi connectivity index (χ0v) is 10.0. The first-order valence-corrected chi connectivity index (χ1v) is 5.46. The molecule has 2 N–H and O–H groups in total. The van der Waals surface area contributed by atoms with Crippen LogP contribution in [0.1, 0.15) is 0 Å². The molecule has 0 unspecified atom stereocenters. The Bertz CT molecular complexity index is 511. The highest BCUT2D eigenvalue weighted by atomic mass is 35.5. The van der Waals surface area contributed by atoms with Gasteiger partial charge in [0.15, 0.2) is 0 Å². The minimum Gasteiger partial charge on any atom is -0.508 e. The third kappa shape index (κ3) is 2.82. The summed E-state index contributed by atoms with van der Waals surface area (Å²) in [5, 5.41) is 12.9. The molecule has 88 valence electrons. The van der Waals surface area contributed by atoms with Gasteiger partial charge >= 0.3 is 0 Å². The van der Waals surface area contributed by atoms with E-state index in [0.29, 0.717) is 10.8 Å². The quantitative estimate of drug-likeness (QED) is 0.813. The van der Waals surface area contributed by atoms with Crippen molar-refractivity contribution in [2.45, 2.75) is 0 Å². The largest absolute Gasteiger partial charge is 0.508 e. The third-order valence-electron chi connectivity index (χ3n) is 2.31. The van der Waals surface area contributed by atoms with Crippen LogP contribution < -0.4 is 10.1 Å². The number of hydrogen-bond acceptors (Lipinski definition) is 3. The van der Waals surface area contributed by atoms with Gasteiger partial charge in [0.05, 0.1) is 12.1 Å². The van der Waals surface area contributed by atoms with Crippen LogP contribution in [0.3, 0.4) is 0 Å². The molecule has 2 aromatic rings. The van der Waals surface area contributed by atoms with Crippen molar-refractivity contribution in [1.82, 2.24) is 0 Å². The number of benzene rings is 2. The summed E-state index contributed by atoms with van der Waals surface area (Å²) in [5.41, 5.74) is 1.74. The van der Waals surface area contributed by atoms with Gasteiger partial charge < -0.3 is 15.2 Å². The van der Waals surface area contributed by atoms with Crippen molar-refractivity contribution in [3.05, 3.63) is 47.5 Å². The van der Waals surface area contributed by atoms with Crippen molar-refractivity contribution in [2.75, 3.05) is 12.4 Å². The summed E-state index contributed by atoms with van der Waals surface area (Å²) >= 11 is 6.02. The summed E-state index contributed by atoms with van der Waals surface area (Å²) in [6, 6.07) is 12.3. The van der Waals surface area contributed by atoms with Crippen LogP contribution in [-0.4, -0.2) is 12.2 Å². The first kappa shape index (κ1) is 11.6. The van der Waals surface area contributed by atoms with Gasteiger partial charge in [-0.05, 0) is 42.5 Å². The number of phenols is 1. The van der Waals surface area contributed by atoms with Gasteiger partial charge in [0.2, 0.25) is 0 Å². The predicted octanol–water partition coefficient (Wildman–Crippen LogP) is 3.80. The molecule has 0 fully saturated rings. The van der Waals surface area contributed by atoms with Gasteiger partial charge in [0, 0.05) is 11.4 Å². The molecule has 0 aliphatic rings. The molecule has 4 heteroatoms. The second kappa shape index (κ2) is 4.97. The Balaban J connectivity index is 2.19. The summed E-state index contributed by atoms with van der Waals surface area (Å²) in [5.74, 6) is 0.881. The maximum atomic E-state index is 9.17. The van der Waals surface area contributed by atoms with E-state index in [1.165, 1.54) is 0 Å². The van der Waals surface area contributed by atoms with E-state index < -0.39 is 0 Å². The zero-order valence-electron chi connectivity index (χ0n) is 9.27. The molecule has 0 aromatic heterocycles. The molecule has 0 aliphatic carbocycles. The third-order valence-corrected chi connectivity index (χ3v) is 2.60. The Labute approximate surface area is 105 Å². The SMILES string of the molecule is COc1ccc(Nc2ccc(O)cc2)cc1Cl. The Morgan fingerprint density at radius 2 is 1.71 bits per heavy atom. The highest BCUT2D eigenvalue weighted by Crippen LogP contribution is 2.29. The van der Waals surface area contributed by atoms with Crippen LogP contribution >= 0.6 is 11.6 Å². The van der Waals surface area contributed by atoms with E-state index in [1.54, 1.807) is 43.5 Å². The minimum atomic E-state index is 0.239. The molecule has 0 saturated carbocycles. The number of methoxy groups -OCH3 is 1. The summed E-state index contributed by atoms with van der Waals surface area (Å²) < 4.78 is 5.07. The van der Waals surface area contributed by atoms with E-state index in [9.17, 15) is 0 Å². The highest BCUT2D eigenvalue weighted by Gasteiger charge is 2.01. The first-order valence-electron chi connectivity index (χ1n) is 5.08. The average molecular weight is 250 g/mol. The van der Waals surface area contributed by atoms with E-state index in [1.807, 2.05) is 6.07 Å². The van der Waals surface area contributed by atoms with Crippen molar-refractivity contribution in [3.63, 3.8) is 0 Å². The molecule has 0 radical (unpaired) electrons. The molecular formula is C13H12ClNO2. The summed E-state index contributed by atoms with van der Waals surface area (Å²) in [4.78, 5) is 0. The van der Waals surface area contributed by atoms with Crippen molar-refractivity contribution < 1.29 is 9.84 Å². The van der Waals surface area contributed by atoms with Crippen LogP contribution in [0.4, 0.5) is 11.4 Å². The number of phenolic OH excluding ortho intramolecular Hbond substituents is 1. The number of halogens is 1. The molecule has 3 nitrogen and oxygen atoms in total. The molecule has 0 atom stereocenters. The Morgan fingerprint density at radius 3 is 2.29 bits per heavy atom. The van der Waals surface area contributed by atoms with Gasteiger partial charge in [0.1, 0.15) is 11.5 Å². The van der Waals surface area contributed by atoms with Gasteiger partial charge in [-0.3, -0.25) is 0 Å². The standard InChI is InChI=1S/C13H12ClNO2/c1-17-13-7-4-10(8-12(13)14)15-9-2-5-11(16)6-3-9/h2-8,15-16H,1H3. The number of anilines is 2. The maximum Gasteiger partial charge on any atom is 0.137 e. The van der Waals surface area contributed by atoms with E-state index in [-0.39, 0.29) is 5.75 Å². The van der Waals surface area contributed by atoms with Crippen molar-refractivity contribution in [2.24, 2.45) is 0 Å². The van der Waals surface area contributed by atoms with E-state index in [4.69, 9.17) is 21.4 Å². The van der Waals surface area contributed by atoms with Crippen LogP contribution in [0.5, 0.6) is 11.5 Å². The summed E-state index contributed by atoms with van der Waals surface area (Å²) in [6.07, 6.45) is 0. The second-order valence-electron chi connectivity index (χ2n) is 3.52. The minimum absolute atomic E-state index is 0.239. The fraction of sp³-hybridized carbons (Fsp3) is 0.0769. The van der Waals surface area contributed by atoms with Gasteiger partial charge in [-0.15, -0.1) is 0 Å². The maximum absolute atomic E-state index is 9.17. The van der Waals surface area contributed by atoms with Crippen LogP contribution in [-0.2, 0) is 0 Å². The second-order valence-corrected chi connectivity index (χ2v) is 3.93. The van der Waals surface area contributed by atoms with E-state index in [2.05, 4.69) is 5.32 Å². The lowest BCUT2D eigenvalue weighted by molar-refractivity contribution is 0.415. The topological polar surface area (TPSA) is 41.5 Å². The number of aromatic hydroxyl groups is 1. The fourth-order valence-corrected chi connectivity index (χ4v) is 1.71. The van der Waals surface area contributed by atoms with Crippen LogP contribution in [0.25, 0.3) is 0 Å². The van der Waals surface area contributed by atoms with Gasteiger partial charge in [-0.25, -0.2) is 0 Å². The average Bonchev–Trinajstić information content (AvgIpc) is 2.32. The molecule has 0 heterocycles.